The molecule has 166 valence electrons. The Morgan fingerprint density at radius 1 is 1.06 bits per heavy atom. The molecule has 4 rings (SSSR count). The second-order valence-corrected chi connectivity index (χ2v) is 7.44. The van der Waals surface area contributed by atoms with E-state index < -0.39 is 5.91 Å². The van der Waals surface area contributed by atoms with Crippen molar-refractivity contribution in [3.63, 3.8) is 0 Å². The average Bonchev–Trinajstić information content (AvgIpc) is 2.83. The van der Waals surface area contributed by atoms with Crippen LogP contribution in [0.2, 0.25) is 0 Å². The third-order valence-corrected chi connectivity index (χ3v) is 5.21. The van der Waals surface area contributed by atoms with Crippen LogP contribution in [0, 0.1) is 6.92 Å². The maximum absolute atomic E-state index is 13.1. The summed E-state index contributed by atoms with van der Waals surface area (Å²) in [6.45, 7) is 2.17. The maximum atomic E-state index is 13.1. The number of methoxy groups -OCH3 is 1. The number of para-hydroxylation sites is 1. The van der Waals surface area contributed by atoms with E-state index in [-0.39, 0.29) is 18.1 Å². The summed E-state index contributed by atoms with van der Waals surface area (Å²) in [5.41, 5.74) is 8.85. The number of benzene rings is 2. The number of rotatable bonds is 7. The molecular weight excluding hydrogens is 418 g/mol. The molecule has 0 spiro atoms. The molecule has 4 aromatic rings. The number of anilines is 2. The Hall–Kier alpha value is -4.46. The highest BCUT2D eigenvalue weighted by Crippen LogP contribution is 2.25. The molecular formula is C25H23N5O3. The molecule has 2 amide bonds. The van der Waals surface area contributed by atoms with Gasteiger partial charge in [-0.25, -0.2) is 4.98 Å². The van der Waals surface area contributed by atoms with Crippen LogP contribution in [0.15, 0.2) is 66.9 Å². The highest BCUT2D eigenvalue weighted by molar-refractivity contribution is 6.08. The topological polar surface area (TPSA) is 119 Å². The summed E-state index contributed by atoms with van der Waals surface area (Å²) in [5, 5.41) is 7.07. The average molecular weight is 441 g/mol. The summed E-state index contributed by atoms with van der Waals surface area (Å²) in [4.78, 5) is 33.4. The van der Waals surface area contributed by atoms with Gasteiger partial charge in [0.1, 0.15) is 17.3 Å². The van der Waals surface area contributed by atoms with Crippen LogP contribution in [0.5, 0.6) is 5.75 Å². The van der Waals surface area contributed by atoms with Gasteiger partial charge in [0, 0.05) is 35.4 Å². The van der Waals surface area contributed by atoms with E-state index >= 15 is 0 Å². The van der Waals surface area contributed by atoms with Crippen LogP contribution in [0.3, 0.4) is 0 Å². The molecule has 2 heterocycles. The summed E-state index contributed by atoms with van der Waals surface area (Å²) < 4.78 is 5.28. The van der Waals surface area contributed by atoms with Crippen molar-refractivity contribution >= 4 is 34.2 Å². The van der Waals surface area contributed by atoms with E-state index in [1.54, 1.807) is 37.4 Å². The van der Waals surface area contributed by atoms with Gasteiger partial charge < -0.3 is 21.1 Å². The molecule has 0 aliphatic rings. The zero-order chi connectivity index (χ0) is 23.4. The molecule has 0 unspecified atom stereocenters. The second kappa shape index (κ2) is 9.35. The fourth-order valence-electron chi connectivity index (χ4n) is 3.51. The highest BCUT2D eigenvalue weighted by Gasteiger charge is 2.15. The Balaban J connectivity index is 1.58. The first kappa shape index (κ1) is 21.8. The number of nitrogens with one attached hydrogen (secondary N) is 2. The van der Waals surface area contributed by atoms with Gasteiger partial charge in [0.15, 0.2) is 0 Å². The van der Waals surface area contributed by atoms with Gasteiger partial charge in [0.2, 0.25) is 0 Å². The van der Waals surface area contributed by atoms with Gasteiger partial charge in [-0.2, -0.15) is 0 Å². The SMILES string of the molecule is COc1ccc2cc(C)c(NC(=O)c3ccccc3NCc3cccnc3C(N)=O)nc2c1. The number of hydrogen-bond acceptors (Lipinski definition) is 6. The van der Waals surface area contributed by atoms with Crippen LogP contribution in [0.25, 0.3) is 10.9 Å². The molecule has 2 aromatic carbocycles. The minimum Gasteiger partial charge on any atom is -0.497 e. The number of ether oxygens (including phenoxy) is 1. The van der Waals surface area contributed by atoms with E-state index in [2.05, 4.69) is 20.6 Å². The number of carbonyl (C=O) groups excluding carboxylic acids is 2. The lowest BCUT2D eigenvalue weighted by Gasteiger charge is -2.14. The Bertz CT molecular complexity index is 1350. The van der Waals surface area contributed by atoms with E-state index in [0.717, 1.165) is 16.5 Å². The van der Waals surface area contributed by atoms with Crippen LogP contribution in [0.1, 0.15) is 32.0 Å². The molecule has 0 atom stereocenters. The normalized spacial score (nSPS) is 10.6. The van der Waals surface area contributed by atoms with Crippen LogP contribution < -0.4 is 21.1 Å². The lowest BCUT2D eigenvalue weighted by molar-refractivity contribution is 0.0992. The largest absolute Gasteiger partial charge is 0.497 e. The summed E-state index contributed by atoms with van der Waals surface area (Å²) in [7, 11) is 1.60. The predicted octanol–water partition coefficient (Wildman–Crippen LogP) is 3.91. The van der Waals surface area contributed by atoms with Crippen molar-refractivity contribution < 1.29 is 14.3 Å². The number of nitrogens with two attached hydrogens (primary N) is 1. The Morgan fingerprint density at radius 3 is 2.67 bits per heavy atom. The van der Waals surface area contributed by atoms with Crippen molar-refractivity contribution in [2.24, 2.45) is 5.73 Å². The van der Waals surface area contributed by atoms with Gasteiger partial charge in [-0.15, -0.1) is 0 Å². The molecule has 0 fully saturated rings. The quantitative estimate of drug-likeness (QED) is 0.400. The number of fused-ring (bicyclic) bond motifs is 1. The summed E-state index contributed by atoms with van der Waals surface area (Å²) >= 11 is 0. The van der Waals surface area contributed by atoms with Crippen molar-refractivity contribution in [3.05, 3.63) is 89.2 Å². The predicted molar refractivity (Wildman–Crippen MR) is 128 cm³/mol. The number of amides is 2. The maximum Gasteiger partial charge on any atom is 0.267 e. The molecule has 0 aliphatic carbocycles. The smallest absolute Gasteiger partial charge is 0.267 e. The fourth-order valence-corrected chi connectivity index (χ4v) is 3.51. The fraction of sp³-hybridized carbons (Fsp3) is 0.120. The Kier molecular flexibility index (Phi) is 6.17. The first-order chi connectivity index (χ1) is 16.0. The summed E-state index contributed by atoms with van der Waals surface area (Å²) in [5.74, 6) is 0.250. The van der Waals surface area contributed by atoms with Gasteiger partial charge >= 0.3 is 0 Å². The van der Waals surface area contributed by atoms with Crippen molar-refractivity contribution in [2.75, 3.05) is 17.7 Å². The zero-order valence-corrected chi connectivity index (χ0v) is 18.3. The number of primary amides is 1. The first-order valence-electron chi connectivity index (χ1n) is 10.3. The lowest BCUT2D eigenvalue weighted by atomic mass is 10.1. The molecule has 0 radical (unpaired) electrons. The van der Waals surface area contributed by atoms with E-state index in [1.807, 2.05) is 37.3 Å². The number of nitrogens with zero attached hydrogens (tertiary/aromatic N) is 2. The summed E-state index contributed by atoms with van der Waals surface area (Å²) in [6, 6.07) is 18.2. The van der Waals surface area contributed by atoms with Crippen LogP contribution in [-0.2, 0) is 6.54 Å². The second-order valence-electron chi connectivity index (χ2n) is 7.44. The molecule has 0 bridgehead atoms. The third-order valence-electron chi connectivity index (χ3n) is 5.21. The molecule has 4 N–H and O–H groups in total. The van der Waals surface area contributed by atoms with Gasteiger partial charge in [0.05, 0.1) is 18.2 Å². The van der Waals surface area contributed by atoms with Crippen molar-refractivity contribution in [2.45, 2.75) is 13.5 Å². The molecule has 8 nitrogen and oxygen atoms in total. The third kappa shape index (κ3) is 4.74. The highest BCUT2D eigenvalue weighted by atomic mass is 16.5. The van der Waals surface area contributed by atoms with Gasteiger partial charge in [-0.05, 0) is 48.9 Å². The molecule has 8 heteroatoms. The van der Waals surface area contributed by atoms with E-state index in [9.17, 15) is 9.59 Å². The number of carbonyl (C=O) groups is 2. The van der Waals surface area contributed by atoms with Crippen LogP contribution >= 0.6 is 0 Å². The van der Waals surface area contributed by atoms with E-state index in [1.165, 1.54) is 6.20 Å². The van der Waals surface area contributed by atoms with Crippen LogP contribution in [-0.4, -0.2) is 28.9 Å². The van der Waals surface area contributed by atoms with E-state index in [0.29, 0.717) is 28.4 Å². The molecule has 2 aromatic heterocycles. The van der Waals surface area contributed by atoms with Gasteiger partial charge in [-0.3, -0.25) is 14.6 Å². The number of pyridine rings is 2. The number of aryl methyl sites for hydroxylation is 1. The van der Waals surface area contributed by atoms with Crippen LogP contribution in [0.4, 0.5) is 11.5 Å². The number of hydrogen-bond donors (Lipinski definition) is 3. The van der Waals surface area contributed by atoms with Crippen molar-refractivity contribution in [3.8, 4) is 5.75 Å². The van der Waals surface area contributed by atoms with Crippen molar-refractivity contribution in [1.82, 2.24) is 9.97 Å². The molecule has 0 aliphatic heterocycles. The standard InChI is InChI=1S/C25H23N5O3/c1-15-12-16-9-10-18(33-2)13-21(16)29-24(15)30-25(32)19-7-3-4-8-20(19)28-14-17-6-5-11-27-22(17)23(26)31/h3-13,28H,14H2,1-2H3,(H2,26,31)(H,29,30,32). The Morgan fingerprint density at radius 2 is 1.88 bits per heavy atom. The first-order valence-corrected chi connectivity index (χ1v) is 10.3. The molecule has 0 saturated heterocycles. The zero-order valence-electron chi connectivity index (χ0n) is 18.3. The number of aromatic nitrogens is 2. The minimum atomic E-state index is -0.604. The monoisotopic (exact) mass is 441 g/mol. The lowest BCUT2D eigenvalue weighted by Crippen LogP contribution is -2.19. The van der Waals surface area contributed by atoms with Gasteiger partial charge in [0.25, 0.3) is 11.8 Å². The Labute approximate surface area is 190 Å². The van der Waals surface area contributed by atoms with Crippen molar-refractivity contribution in [1.29, 1.82) is 0 Å². The molecule has 0 saturated carbocycles. The van der Waals surface area contributed by atoms with E-state index in [4.69, 9.17) is 10.5 Å². The summed E-state index contributed by atoms with van der Waals surface area (Å²) in [6.07, 6.45) is 1.51. The molecule has 33 heavy (non-hydrogen) atoms. The van der Waals surface area contributed by atoms with Gasteiger partial charge in [-0.1, -0.05) is 18.2 Å². The minimum absolute atomic E-state index is 0.193.